The largest absolute Gasteiger partial charge is 0.323 e. The summed E-state index contributed by atoms with van der Waals surface area (Å²) in [6.07, 6.45) is 6.59. The predicted molar refractivity (Wildman–Crippen MR) is 127 cm³/mol. The van der Waals surface area contributed by atoms with E-state index in [4.69, 9.17) is 0 Å². The van der Waals surface area contributed by atoms with Crippen LogP contribution in [0.15, 0.2) is 66.2 Å². The zero-order valence-electron chi connectivity index (χ0n) is 17.9. The monoisotopic (exact) mass is 446 g/mol. The third-order valence-corrected chi connectivity index (χ3v) is 6.05. The van der Waals surface area contributed by atoms with Crippen LogP contribution in [0.25, 0.3) is 17.3 Å². The number of aromatic nitrogens is 3. The number of nitrogens with one attached hydrogen (secondary N) is 1. The molecule has 0 unspecified atom stereocenters. The molecule has 0 bridgehead atoms. The molecule has 0 spiro atoms. The van der Waals surface area contributed by atoms with Crippen LogP contribution in [0.3, 0.4) is 0 Å². The van der Waals surface area contributed by atoms with Crippen molar-refractivity contribution in [1.82, 2.24) is 14.8 Å². The minimum absolute atomic E-state index is 0.237. The molecule has 0 radical (unpaired) electrons. The Morgan fingerprint density at radius 2 is 1.91 bits per heavy atom. The first-order valence-corrected chi connectivity index (χ1v) is 11.2. The topological polar surface area (TPSA) is 59.8 Å². The number of aryl methyl sites for hydroxylation is 2. The SMILES string of the molecule is CCc1nc(Cc2ccc(NC(=O)/C=C/c3cnn(C)c3-c3ccc(F)cc3)cc2)cs1. The lowest BCUT2D eigenvalue weighted by atomic mass is 10.1. The van der Waals surface area contributed by atoms with Gasteiger partial charge in [-0.25, -0.2) is 9.37 Å². The molecule has 4 rings (SSSR count). The van der Waals surface area contributed by atoms with E-state index in [2.05, 4.69) is 27.7 Å². The van der Waals surface area contributed by atoms with Crippen molar-refractivity contribution in [2.75, 3.05) is 5.32 Å². The van der Waals surface area contributed by atoms with E-state index in [-0.39, 0.29) is 11.7 Å². The van der Waals surface area contributed by atoms with Crippen LogP contribution >= 0.6 is 11.3 Å². The van der Waals surface area contributed by atoms with Crippen molar-refractivity contribution in [3.63, 3.8) is 0 Å². The minimum atomic E-state index is -0.296. The van der Waals surface area contributed by atoms with Gasteiger partial charge in [0.15, 0.2) is 0 Å². The average molecular weight is 447 g/mol. The van der Waals surface area contributed by atoms with Gasteiger partial charge in [0, 0.05) is 41.7 Å². The molecule has 0 aliphatic carbocycles. The maximum atomic E-state index is 13.2. The Hall–Kier alpha value is -3.58. The van der Waals surface area contributed by atoms with Crippen LogP contribution in [0.2, 0.25) is 0 Å². The Bertz CT molecular complexity index is 1240. The maximum Gasteiger partial charge on any atom is 0.248 e. The maximum absolute atomic E-state index is 13.2. The number of rotatable bonds is 7. The first-order chi connectivity index (χ1) is 15.5. The molecule has 7 heteroatoms. The Kier molecular flexibility index (Phi) is 6.56. The Balaban J connectivity index is 1.40. The highest BCUT2D eigenvalue weighted by Crippen LogP contribution is 2.24. The van der Waals surface area contributed by atoms with E-state index in [0.29, 0.717) is 0 Å². The van der Waals surface area contributed by atoms with Gasteiger partial charge < -0.3 is 5.32 Å². The lowest BCUT2D eigenvalue weighted by Crippen LogP contribution is -2.07. The second-order valence-corrected chi connectivity index (χ2v) is 8.30. The highest BCUT2D eigenvalue weighted by molar-refractivity contribution is 7.09. The zero-order chi connectivity index (χ0) is 22.5. The molecular formula is C25H23FN4OS. The van der Waals surface area contributed by atoms with Crippen LogP contribution in [0.4, 0.5) is 10.1 Å². The normalized spacial score (nSPS) is 11.2. The van der Waals surface area contributed by atoms with Gasteiger partial charge in [0.2, 0.25) is 5.91 Å². The standard InChI is InChI=1S/C25H23FN4OS/c1-3-24-29-22(16-32-24)14-17-4-11-21(12-5-17)28-23(31)13-8-19-15-27-30(2)25(19)18-6-9-20(26)10-7-18/h4-13,15-16H,3,14H2,1-2H3,(H,28,31)/b13-8+. The molecule has 162 valence electrons. The molecule has 0 aliphatic heterocycles. The summed E-state index contributed by atoms with van der Waals surface area (Å²) in [6.45, 7) is 2.10. The van der Waals surface area contributed by atoms with Crippen molar-refractivity contribution in [3.8, 4) is 11.3 Å². The van der Waals surface area contributed by atoms with Crippen molar-refractivity contribution in [2.45, 2.75) is 19.8 Å². The van der Waals surface area contributed by atoms with Gasteiger partial charge in [-0.05, 0) is 54.5 Å². The van der Waals surface area contributed by atoms with E-state index >= 15 is 0 Å². The van der Waals surface area contributed by atoms with Crippen LogP contribution in [-0.2, 0) is 24.7 Å². The fraction of sp³-hybridized carbons (Fsp3) is 0.160. The number of hydrogen-bond acceptors (Lipinski definition) is 4. The number of anilines is 1. The van der Waals surface area contributed by atoms with Crippen molar-refractivity contribution in [3.05, 3.63) is 93.8 Å². The number of amides is 1. The summed E-state index contributed by atoms with van der Waals surface area (Å²) < 4.78 is 15.0. The lowest BCUT2D eigenvalue weighted by molar-refractivity contribution is -0.111. The Morgan fingerprint density at radius 1 is 1.16 bits per heavy atom. The highest BCUT2D eigenvalue weighted by Gasteiger charge is 2.10. The smallest absolute Gasteiger partial charge is 0.248 e. The number of hydrogen-bond donors (Lipinski definition) is 1. The highest BCUT2D eigenvalue weighted by atomic mass is 32.1. The van der Waals surface area contributed by atoms with Crippen molar-refractivity contribution in [1.29, 1.82) is 0 Å². The van der Waals surface area contributed by atoms with Gasteiger partial charge in [0.25, 0.3) is 0 Å². The molecule has 2 aromatic carbocycles. The van der Waals surface area contributed by atoms with Crippen LogP contribution in [0.5, 0.6) is 0 Å². The Labute approximate surface area is 190 Å². The summed E-state index contributed by atoms with van der Waals surface area (Å²) in [4.78, 5) is 17.0. The van der Waals surface area contributed by atoms with Gasteiger partial charge in [0.05, 0.1) is 22.6 Å². The quantitative estimate of drug-likeness (QED) is 0.382. The van der Waals surface area contributed by atoms with Crippen LogP contribution in [0, 0.1) is 5.82 Å². The van der Waals surface area contributed by atoms with Gasteiger partial charge in [-0.2, -0.15) is 5.10 Å². The lowest BCUT2D eigenvalue weighted by Gasteiger charge is -2.05. The second kappa shape index (κ2) is 9.70. The molecule has 0 saturated carbocycles. The number of benzene rings is 2. The van der Waals surface area contributed by atoms with E-state index in [1.165, 1.54) is 18.2 Å². The first kappa shape index (κ1) is 21.6. The molecule has 32 heavy (non-hydrogen) atoms. The van der Waals surface area contributed by atoms with E-state index in [9.17, 15) is 9.18 Å². The molecule has 1 N–H and O–H groups in total. The van der Waals surface area contributed by atoms with Gasteiger partial charge in [-0.1, -0.05) is 19.1 Å². The summed E-state index contributed by atoms with van der Waals surface area (Å²) in [5, 5.41) is 10.4. The van der Waals surface area contributed by atoms with Crippen molar-refractivity contribution in [2.24, 2.45) is 7.05 Å². The number of carbonyl (C=O) groups excluding carboxylic acids is 1. The fourth-order valence-electron chi connectivity index (χ4n) is 3.39. The van der Waals surface area contributed by atoms with Gasteiger partial charge in [-0.3, -0.25) is 9.48 Å². The van der Waals surface area contributed by atoms with Crippen molar-refractivity contribution >= 4 is 29.0 Å². The molecule has 5 nitrogen and oxygen atoms in total. The summed E-state index contributed by atoms with van der Waals surface area (Å²) in [7, 11) is 1.81. The minimum Gasteiger partial charge on any atom is -0.323 e. The number of thiazole rings is 1. The van der Waals surface area contributed by atoms with Crippen molar-refractivity contribution < 1.29 is 9.18 Å². The summed E-state index contributed by atoms with van der Waals surface area (Å²) in [5.41, 5.74) is 5.35. The number of halogens is 1. The molecular weight excluding hydrogens is 423 g/mol. The van der Waals surface area contributed by atoms with Crippen LogP contribution in [-0.4, -0.2) is 20.7 Å². The summed E-state index contributed by atoms with van der Waals surface area (Å²) in [6, 6.07) is 14.0. The molecule has 0 aliphatic rings. The molecule has 2 heterocycles. The van der Waals surface area contributed by atoms with Gasteiger partial charge >= 0.3 is 0 Å². The Morgan fingerprint density at radius 3 is 2.59 bits per heavy atom. The van der Waals surface area contributed by atoms with E-state index in [1.807, 2.05) is 31.3 Å². The third kappa shape index (κ3) is 5.18. The van der Waals surface area contributed by atoms with Crippen LogP contribution < -0.4 is 5.32 Å². The predicted octanol–water partition coefficient (Wildman–Crippen LogP) is 5.49. The average Bonchev–Trinajstić information content (AvgIpc) is 3.40. The molecule has 1 amide bonds. The first-order valence-electron chi connectivity index (χ1n) is 10.3. The summed E-state index contributed by atoms with van der Waals surface area (Å²) >= 11 is 1.69. The van der Waals surface area contributed by atoms with Gasteiger partial charge in [0.1, 0.15) is 5.82 Å². The van der Waals surface area contributed by atoms with Crippen LogP contribution in [0.1, 0.15) is 28.8 Å². The number of nitrogens with zero attached hydrogens (tertiary/aromatic N) is 3. The van der Waals surface area contributed by atoms with E-state index in [1.54, 1.807) is 40.4 Å². The second-order valence-electron chi connectivity index (χ2n) is 7.36. The summed E-state index contributed by atoms with van der Waals surface area (Å²) in [5.74, 6) is -0.533. The van der Waals surface area contributed by atoms with E-state index < -0.39 is 0 Å². The zero-order valence-corrected chi connectivity index (χ0v) is 18.7. The number of carbonyl (C=O) groups is 1. The molecule has 0 atom stereocenters. The molecule has 0 fully saturated rings. The molecule has 4 aromatic rings. The third-order valence-electron chi connectivity index (χ3n) is 5.01. The molecule has 0 saturated heterocycles. The van der Waals surface area contributed by atoms with Gasteiger partial charge in [-0.15, -0.1) is 11.3 Å². The van der Waals surface area contributed by atoms with E-state index in [0.717, 1.165) is 51.6 Å². The fourth-order valence-corrected chi connectivity index (χ4v) is 4.14. The molecule has 2 aromatic heterocycles.